The summed E-state index contributed by atoms with van der Waals surface area (Å²) < 4.78 is 19.0. The fourth-order valence-corrected chi connectivity index (χ4v) is 4.80. The molecule has 1 spiro atoms. The molecular weight excluding hydrogens is 299 g/mol. The van der Waals surface area contributed by atoms with Crippen molar-refractivity contribution >= 4 is 17.6 Å². The maximum Gasteiger partial charge on any atom is 0.315 e. The van der Waals surface area contributed by atoms with Crippen molar-refractivity contribution in [3.8, 4) is 0 Å². The molecule has 3 heterocycles. The monoisotopic (exact) mass is 319 g/mol. The third-order valence-electron chi connectivity index (χ3n) is 5.64. The van der Waals surface area contributed by atoms with Crippen molar-refractivity contribution in [2.75, 3.05) is 18.5 Å². The zero-order valence-corrected chi connectivity index (χ0v) is 13.0. The number of carbonyl (C=O) groups excluding carboxylic acids is 2. The van der Waals surface area contributed by atoms with E-state index in [1.807, 2.05) is 0 Å². The molecule has 3 aliphatic rings. The molecule has 2 fully saturated rings. The molecule has 23 heavy (non-hydrogen) atoms. The Morgan fingerprint density at radius 1 is 1.52 bits per heavy atom. The quantitative estimate of drug-likeness (QED) is 0.785. The van der Waals surface area contributed by atoms with Gasteiger partial charge in [-0.15, -0.1) is 0 Å². The lowest BCUT2D eigenvalue weighted by Gasteiger charge is -2.29. The van der Waals surface area contributed by atoms with Crippen LogP contribution in [-0.2, 0) is 19.9 Å². The van der Waals surface area contributed by atoms with Crippen LogP contribution >= 0.6 is 0 Å². The molecule has 0 aromatic heterocycles. The smallest absolute Gasteiger partial charge is 0.315 e. The average Bonchev–Trinajstić information content (AvgIpc) is 3.16. The highest BCUT2D eigenvalue weighted by Crippen LogP contribution is 2.44. The Morgan fingerprint density at radius 2 is 2.35 bits per heavy atom. The van der Waals surface area contributed by atoms with E-state index in [2.05, 4.69) is 5.32 Å². The van der Waals surface area contributed by atoms with Crippen LogP contribution in [0.4, 0.5) is 10.1 Å². The normalized spacial score (nSPS) is 34.3. The minimum absolute atomic E-state index is 0.0778. The van der Waals surface area contributed by atoms with Gasteiger partial charge in [-0.2, -0.15) is 0 Å². The summed E-state index contributed by atoms with van der Waals surface area (Å²) in [6, 6.07) is 4.49. The second-order valence-corrected chi connectivity index (χ2v) is 6.64. The molecule has 6 heteroatoms. The van der Waals surface area contributed by atoms with Gasteiger partial charge in [0.25, 0.3) is 5.91 Å². The van der Waals surface area contributed by atoms with E-state index in [0.29, 0.717) is 24.3 Å². The zero-order valence-electron chi connectivity index (χ0n) is 13.0. The van der Waals surface area contributed by atoms with Gasteiger partial charge in [-0.3, -0.25) is 9.59 Å². The van der Waals surface area contributed by atoms with E-state index in [-0.39, 0.29) is 29.7 Å². The first-order valence-electron chi connectivity index (χ1n) is 8.22. The fourth-order valence-electron chi connectivity index (χ4n) is 4.80. The maximum atomic E-state index is 13.8. The van der Waals surface area contributed by atoms with E-state index < -0.39 is 5.54 Å². The Hall–Kier alpha value is -1.95. The number of esters is 1. The molecule has 4 atom stereocenters. The highest BCUT2D eigenvalue weighted by molar-refractivity contribution is 6.05. The molecule has 0 radical (unpaired) electrons. The van der Waals surface area contributed by atoms with Gasteiger partial charge in [0.05, 0.1) is 18.8 Å². The number of fused-ring (bicyclic) bond motifs is 4. The van der Waals surface area contributed by atoms with Crippen LogP contribution < -0.4 is 10.2 Å². The van der Waals surface area contributed by atoms with Gasteiger partial charge >= 0.3 is 5.97 Å². The number of carbonyl (C=O) groups is 2. The van der Waals surface area contributed by atoms with Crippen molar-refractivity contribution < 1.29 is 23.6 Å². The van der Waals surface area contributed by atoms with Crippen LogP contribution in [0.15, 0.2) is 18.2 Å². The molecule has 4 rings (SSSR count). The number of hydrogen-bond acceptors (Lipinski definition) is 3. The first-order chi connectivity index (χ1) is 11.1. The van der Waals surface area contributed by atoms with Gasteiger partial charge in [0.1, 0.15) is 17.8 Å². The lowest BCUT2D eigenvalue weighted by Crippen LogP contribution is -3.19. The first kappa shape index (κ1) is 14.6. The first-order valence-corrected chi connectivity index (χ1v) is 8.22. The molecule has 1 aromatic carbocycles. The summed E-state index contributed by atoms with van der Waals surface area (Å²) in [7, 11) is 0. The summed E-state index contributed by atoms with van der Waals surface area (Å²) >= 11 is 0. The zero-order chi connectivity index (χ0) is 16.2. The molecule has 1 aromatic rings. The lowest BCUT2D eigenvalue weighted by atomic mass is 9.84. The lowest BCUT2D eigenvalue weighted by molar-refractivity contribution is -0.947. The minimum atomic E-state index is -0.851. The molecule has 5 nitrogen and oxygen atoms in total. The summed E-state index contributed by atoms with van der Waals surface area (Å²) in [6.07, 6.45) is 2.27. The van der Waals surface area contributed by atoms with Crippen molar-refractivity contribution in [3.05, 3.63) is 29.6 Å². The number of benzene rings is 1. The molecule has 0 saturated carbocycles. The van der Waals surface area contributed by atoms with E-state index in [0.717, 1.165) is 24.3 Å². The molecule has 1 unspecified atom stereocenters. The fraction of sp³-hybridized carbons (Fsp3) is 0.529. The summed E-state index contributed by atoms with van der Waals surface area (Å²) in [5.41, 5.74) is 0.506. The van der Waals surface area contributed by atoms with Crippen LogP contribution in [0.1, 0.15) is 31.7 Å². The molecule has 2 N–H and O–H groups in total. The highest BCUT2D eigenvalue weighted by Gasteiger charge is 2.67. The van der Waals surface area contributed by atoms with Crippen LogP contribution in [0.5, 0.6) is 0 Å². The number of quaternary nitrogens is 1. The Labute approximate surface area is 133 Å². The third-order valence-corrected chi connectivity index (χ3v) is 5.64. The van der Waals surface area contributed by atoms with Crippen molar-refractivity contribution in [1.82, 2.24) is 0 Å². The van der Waals surface area contributed by atoms with Crippen LogP contribution in [0.3, 0.4) is 0 Å². The third kappa shape index (κ3) is 1.87. The van der Waals surface area contributed by atoms with E-state index in [1.54, 1.807) is 13.0 Å². The van der Waals surface area contributed by atoms with Crippen molar-refractivity contribution in [2.45, 2.75) is 37.8 Å². The van der Waals surface area contributed by atoms with Gasteiger partial charge in [-0.25, -0.2) is 4.39 Å². The van der Waals surface area contributed by atoms with Crippen molar-refractivity contribution in [3.63, 3.8) is 0 Å². The maximum absolute atomic E-state index is 13.8. The number of amides is 1. The van der Waals surface area contributed by atoms with Gasteiger partial charge < -0.3 is 15.0 Å². The highest BCUT2D eigenvalue weighted by atomic mass is 19.1. The molecule has 2 saturated heterocycles. The number of ether oxygens (including phenoxy) is 1. The minimum Gasteiger partial charge on any atom is -0.466 e. The van der Waals surface area contributed by atoms with Crippen molar-refractivity contribution in [2.24, 2.45) is 5.92 Å². The molecular formula is C17H20FN2O3+. The Morgan fingerprint density at radius 3 is 3.13 bits per heavy atom. The SMILES string of the molecule is CCOC(=O)[C@@H]1C[C@@]2(C(=O)Nc3ccc(F)cc32)[NH+]2CCC[C@@H]12. The van der Waals surface area contributed by atoms with E-state index >= 15 is 0 Å². The van der Waals surface area contributed by atoms with Gasteiger partial charge in [0, 0.05) is 24.8 Å². The average molecular weight is 319 g/mol. The molecule has 0 aliphatic carbocycles. The summed E-state index contributed by atoms with van der Waals surface area (Å²) in [4.78, 5) is 26.3. The number of rotatable bonds is 2. The predicted octanol–water partition coefficient (Wildman–Crippen LogP) is 0.603. The second kappa shape index (κ2) is 5.03. The van der Waals surface area contributed by atoms with Gasteiger partial charge in [-0.1, -0.05) is 0 Å². The van der Waals surface area contributed by atoms with Gasteiger partial charge in [0.15, 0.2) is 0 Å². The Kier molecular flexibility index (Phi) is 3.20. The van der Waals surface area contributed by atoms with E-state index in [4.69, 9.17) is 4.74 Å². The molecule has 1 amide bonds. The molecule has 0 bridgehead atoms. The standard InChI is InChI=1S/C17H19FN2O3/c1-2-23-15(21)11-9-17(20-7-3-4-14(11)20)12-8-10(18)5-6-13(12)19-16(17)22/h5-6,8,11,14H,2-4,7,9H2,1H3,(H,19,22)/p+1/t11-,14+,17-/m1/s1. The number of anilines is 1. The molecule has 122 valence electrons. The molecule has 3 aliphatic heterocycles. The van der Waals surface area contributed by atoms with Crippen molar-refractivity contribution in [1.29, 1.82) is 0 Å². The summed E-state index contributed by atoms with van der Waals surface area (Å²) in [5.74, 6) is -1.000. The van der Waals surface area contributed by atoms with Gasteiger partial charge in [0.2, 0.25) is 5.54 Å². The number of nitrogens with one attached hydrogen (secondary N) is 2. The number of hydrogen-bond donors (Lipinski definition) is 2. The van der Waals surface area contributed by atoms with E-state index in [1.165, 1.54) is 12.1 Å². The second-order valence-electron chi connectivity index (χ2n) is 6.64. The summed E-state index contributed by atoms with van der Waals surface area (Å²) in [5, 5.41) is 2.88. The van der Waals surface area contributed by atoms with Crippen LogP contribution in [0, 0.1) is 11.7 Å². The largest absolute Gasteiger partial charge is 0.466 e. The Bertz CT molecular complexity index is 692. The van der Waals surface area contributed by atoms with Crippen LogP contribution in [-0.4, -0.2) is 31.1 Å². The topological polar surface area (TPSA) is 59.8 Å². The summed E-state index contributed by atoms with van der Waals surface area (Å²) in [6.45, 7) is 2.95. The Balaban J connectivity index is 1.81. The number of halogens is 1. The van der Waals surface area contributed by atoms with Gasteiger partial charge in [-0.05, 0) is 25.1 Å². The predicted molar refractivity (Wildman–Crippen MR) is 80.3 cm³/mol. The van der Waals surface area contributed by atoms with Crippen LogP contribution in [0.25, 0.3) is 0 Å². The van der Waals surface area contributed by atoms with Crippen LogP contribution in [0.2, 0.25) is 0 Å². The van der Waals surface area contributed by atoms with E-state index in [9.17, 15) is 14.0 Å².